The summed E-state index contributed by atoms with van der Waals surface area (Å²) in [7, 11) is 3.35. The highest BCUT2D eigenvalue weighted by Gasteiger charge is 2.19. The molecular formula is C7H13N2O2. The fourth-order valence-electron chi connectivity index (χ4n) is 0.851. The largest absolute Gasteiger partial charge is 0.445 e. The average molecular weight is 157 g/mol. The predicted molar refractivity (Wildman–Crippen MR) is 40.9 cm³/mol. The highest BCUT2D eigenvalue weighted by atomic mass is 16.6. The lowest BCUT2D eigenvalue weighted by Gasteiger charge is -2.14. The number of amides is 1. The van der Waals surface area contributed by atoms with E-state index < -0.39 is 0 Å². The Bertz CT molecular complexity index is 141. The number of carbonyl (C=O) groups excluding carboxylic acids is 1. The molecule has 1 rings (SSSR count). The summed E-state index contributed by atoms with van der Waals surface area (Å²) < 4.78 is 5.07. The van der Waals surface area contributed by atoms with Crippen molar-refractivity contribution in [2.24, 2.45) is 0 Å². The Morgan fingerprint density at radius 3 is 2.91 bits per heavy atom. The second kappa shape index (κ2) is 3.57. The van der Waals surface area contributed by atoms with Crippen molar-refractivity contribution >= 4 is 6.09 Å². The first-order chi connectivity index (χ1) is 5.20. The minimum Gasteiger partial charge on any atom is -0.445 e. The molecule has 1 saturated heterocycles. The third-order valence-corrected chi connectivity index (χ3v) is 1.50. The van der Waals surface area contributed by atoms with Gasteiger partial charge in [-0.25, -0.2) is 4.79 Å². The summed E-state index contributed by atoms with van der Waals surface area (Å²) in [6.45, 7) is 2.65. The van der Waals surface area contributed by atoms with E-state index >= 15 is 0 Å². The Kier molecular flexibility index (Phi) is 2.70. The molecule has 1 radical (unpaired) electrons. The van der Waals surface area contributed by atoms with Crippen LogP contribution in [0.15, 0.2) is 0 Å². The van der Waals surface area contributed by atoms with Gasteiger partial charge in [0.25, 0.3) is 0 Å². The van der Waals surface area contributed by atoms with Crippen LogP contribution in [0.1, 0.15) is 6.42 Å². The molecule has 0 aromatic heterocycles. The van der Waals surface area contributed by atoms with Crippen LogP contribution in [0.5, 0.6) is 0 Å². The van der Waals surface area contributed by atoms with E-state index in [9.17, 15) is 4.79 Å². The van der Waals surface area contributed by atoms with E-state index in [4.69, 9.17) is 4.74 Å². The van der Waals surface area contributed by atoms with E-state index in [2.05, 4.69) is 5.32 Å². The Hall–Kier alpha value is -0.770. The third-order valence-electron chi connectivity index (χ3n) is 1.50. The van der Waals surface area contributed by atoms with Crippen LogP contribution in [0.3, 0.4) is 0 Å². The van der Waals surface area contributed by atoms with E-state index in [0.29, 0.717) is 0 Å². The molecule has 1 heterocycles. The number of nitrogens with zero attached hydrogens (tertiary/aromatic N) is 1. The first kappa shape index (κ1) is 8.33. The zero-order valence-corrected chi connectivity index (χ0v) is 6.83. The Morgan fingerprint density at radius 1 is 1.73 bits per heavy atom. The fourth-order valence-corrected chi connectivity index (χ4v) is 0.851. The van der Waals surface area contributed by atoms with Gasteiger partial charge < -0.3 is 15.0 Å². The molecule has 1 aliphatic heterocycles. The molecule has 63 valence electrons. The van der Waals surface area contributed by atoms with Crippen molar-refractivity contribution < 1.29 is 9.53 Å². The lowest BCUT2D eigenvalue weighted by Crippen LogP contribution is -2.29. The molecule has 1 aliphatic rings. The molecular weight excluding hydrogens is 144 g/mol. The Labute approximate surface area is 66.5 Å². The van der Waals surface area contributed by atoms with Crippen molar-refractivity contribution in [1.29, 1.82) is 0 Å². The minimum atomic E-state index is -0.271. The predicted octanol–water partition coefficient (Wildman–Crippen LogP) is 0.208. The molecule has 1 atom stereocenters. The number of hydrogen-bond acceptors (Lipinski definition) is 3. The Morgan fingerprint density at radius 2 is 2.45 bits per heavy atom. The second-order valence-electron chi connectivity index (χ2n) is 2.75. The molecule has 4 nitrogen and oxygen atoms in total. The molecule has 0 bridgehead atoms. The fraction of sp³-hybridized carbons (Fsp3) is 0.714. The van der Waals surface area contributed by atoms with Crippen molar-refractivity contribution in [3.8, 4) is 0 Å². The smallest absolute Gasteiger partial charge is 0.409 e. The first-order valence-corrected chi connectivity index (χ1v) is 3.63. The number of rotatable bonds is 1. The molecule has 1 N–H and O–H groups in total. The standard InChI is InChI=1S/C7H13N2O2/c1-9(2)7(10)11-6-3-4-8-5-6/h4,6,8H,3,5H2,1-2H3. The highest BCUT2D eigenvalue weighted by molar-refractivity contribution is 5.67. The number of hydrogen-bond donors (Lipinski definition) is 1. The van der Waals surface area contributed by atoms with Crippen LogP contribution in [-0.2, 0) is 4.74 Å². The SMILES string of the molecule is CN(C)C(=O)OC1C[CH]NC1. The van der Waals surface area contributed by atoms with Crippen LogP contribution < -0.4 is 5.32 Å². The lowest BCUT2D eigenvalue weighted by atomic mass is 10.3. The molecule has 0 aliphatic carbocycles. The van der Waals surface area contributed by atoms with E-state index in [0.717, 1.165) is 13.0 Å². The maximum atomic E-state index is 11.0. The lowest BCUT2D eigenvalue weighted by molar-refractivity contribution is 0.0837. The van der Waals surface area contributed by atoms with Gasteiger partial charge in [-0.15, -0.1) is 0 Å². The summed E-state index contributed by atoms with van der Waals surface area (Å²) in [4.78, 5) is 12.4. The van der Waals surface area contributed by atoms with Crippen molar-refractivity contribution in [3.63, 3.8) is 0 Å². The Balaban J connectivity index is 2.24. The summed E-state index contributed by atoms with van der Waals surface area (Å²) in [5, 5.41) is 3.00. The third kappa shape index (κ3) is 2.38. The van der Waals surface area contributed by atoms with Crippen LogP contribution in [0.2, 0.25) is 0 Å². The minimum absolute atomic E-state index is 0.0184. The highest BCUT2D eigenvalue weighted by Crippen LogP contribution is 2.06. The summed E-state index contributed by atoms with van der Waals surface area (Å²) in [6.07, 6.45) is 0.552. The van der Waals surface area contributed by atoms with Crippen molar-refractivity contribution in [3.05, 3.63) is 6.54 Å². The number of carbonyl (C=O) groups is 1. The van der Waals surface area contributed by atoms with Gasteiger partial charge in [-0.05, 0) is 0 Å². The van der Waals surface area contributed by atoms with E-state index in [-0.39, 0.29) is 12.2 Å². The van der Waals surface area contributed by atoms with Crippen LogP contribution in [0.4, 0.5) is 4.79 Å². The van der Waals surface area contributed by atoms with Gasteiger partial charge in [0, 0.05) is 33.6 Å². The van der Waals surface area contributed by atoms with Gasteiger partial charge in [0.15, 0.2) is 0 Å². The van der Waals surface area contributed by atoms with Crippen molar-refractivity contribution in [2.75, 3.05) is 20.6 Å². The van der Waals surface area contributed by atoms with Gasteiger partial charge in [-0.1, -0.05) is 0 Å². The van der Waals surface area contributed by atoms with E-state index in [1.54, 1.807) is 14.1 Å². The molecule has 0 saturated carbocycles. The van der Waals surface area contributed by atoms with Crippen LogP contribution in [0, 0.1) is 6.54 Å². The van der Waals surface area contributed by atoms with Gasteiger partial charge in [0.05, 0.1) is 0 Å². The number of ether oxygens (including phenoxy) is 1. The molecule has 4 heteroatoms. The average Bonchev–Trinajstić information content (AvgIpc) is 2.39. The van der Waals surface area contributed by atoms with Crippen molar-refractivity contribution in [2.45, 2.75) is 12.5 Å². The van der Waals surface area contributed by atoms with Gasteiger partial charge in [0.1, 0.15) is 6.10 Å². The van der Waals surface area contributed by atoms with Crippen LogP contribution >= 0.6 is 0 Å². The molecule has 11 heavy (non-hydrogen) atoms. The summed E-state index contributed by atoms with van der Waals surface area (Å²) in [6, 6.07) is 0. The molecule has 1 fully saturated rings. The second-order valence-corrected chi connectivity index (χ2v) is 2.75. The normalized spacial score (nSPS) is 23.3. The zero-order chi connectivity index (χ0) is 8.27. The summed E-state index contributed by atoms with van der Waals surface area (Å²) in [5.41, 5.74) is 0. The van der Waals surface area contributed by atoms with Crippen molar-refractivity contribution in [1.82, 2.24) is 10.2 Å². The van der Waals surface area contributed by atoms with Crippen LogP contribution in [-0.4, -0.2) is 37.7 Å². The maximum Gasteiger partial charge on any atom is 0.409 e. The summed E-state index contributed by atoms with van der Waals surface area (Å²) in [5.74, 6) is 0. The maximum absolute atomic E-state index is 11.0. The molecule has 1 unspecified atom stereocenters. The van der Waals surface area contributed by atoms with Gasteiger partial charge in [-0.3, -0.25) is 0 Å². The van der Waals surface area contributed by atoms with Gasteiger partial charge in [-0.2, -0.15) is 0 Å². The first-order valence-electron chi connectivity index (χ1n) is 3.63. The van der Waals surface area contributed by atoms with Gasteiger partial charge >= 0.3 is 6.09 Å². The zero-order valence-electron chi connectivity index (χ0n) is 6.83. The van der Waals surface area contributed by atoms with Gasteiger partial charge in [0.2, 0.25) is 0 Å². The van der Waals surface area contributed by atoms with Crippen LogP contribution in [0.25, 0.3) is 0 Å². The summed E-state index contributed by atoms with van der Waals surface area (Å²) >= 11 is 0. The molecule has 1 amide bonds. The van der Waals surface area contributed by atoms with E-state index in [1.807, 2.05) is 6.54 Å². The topological polar surface area (TPSA) is 41.6 Å². The molecule has 0 spiro atoms. The molecule has 0 aromatic rings. The number of nitrogens with one attached hydrogen (secondary N) is 1. The molecule has 0 aromatic carbocycles. The van der Waals surface area contributed by atoms with E-state index in [1.165, 1.54) is 4.90 Å². The quantitative estimate of drug-likeness (QED) is 0.591. The monoisotopic (exact) mass is 157 g/mol.